The van der Waals surface area contributed by atoms with Crippen LogP contribution in [-0.4, -0.2) is 20.0 Å². The van der Waals surface area contributed by atoms with E-state index < -0.39 is 65.2 Å². The van der Waals surface area contributed by atoms with Crippen LogP contribution in [0.15, 0.2) is 48.3 Å². The highest BCUT2D eigenvalue weighted by molar-refractivity contribution is 6.09. The van der Waals surface area contributed by atoms with Gasteiger partial charge in [-0.1, -0.05) is 0 Å². The lowest BCUT2D eigenvalue weighted by Gasteiger charge is -2.04. The van der Waals surface area contributed by atoms with Crippen LogP contribution in [-0.2, 0) is 0 Å². The summed E-state index contributed by atoms with van der Waals surface area (Å²) < 4.78 is 72.8. The second kappa shape index (κ2) is 5.36. The molecule has 92 valence electrons. The summed E-state index contributed by atoms with van der Waals surface area (Å²) in [6.07, 6.45) is 0. The lowest BCUT2D eigenvalue weighted by Crippen LogP contribution is -2.01. The van der Waals surface area contributed by atoms with Gasteiger partial charge in [0.2, 0.25) is 0 Å². The van der Waals surface area contributed by atoms with Crippen LogP contribution >= 0.6 is 0 Å². The molecule has 0 N–H and O–H groups in total. The molecule has 0 aromatic heterocycles. The minimum Gasteiger partial charge on any atom is -0.497 e. The van der Waals surface area contributed by atoms with E-state index in [4.69, 9.17) is 20.4 Å². The van der Waals surface area contributed by atoms with Crippen LogP contribution in [0.4, 0.5) is 0 Å². The number of carbonyl (C=O) groups excluding carboxylic acids is 1. The largest absolute Gasteiger partial charge is 0.497 e. The Kier molecular flexibility index (Phi) is 1.66. The molecule has 3 heteroatoms. The first-order valence-corrected chi connectivity index (χ1v) is 4.93. The molecule has 0 aliphatic rings. The molecule has 0 unspecified atom stereocenters. The van der Waals surface area contributed by atoms with E-state index in [-0.39, 0.29) is 11.5 Å². The van der Waals surface area contributed by atoms with Crippen molar-refractivity contribution in [3.63, 3.8) is 0 Å². The second-order valence-corrected chi connectivity index (χ2v) is 3.15. The first-order valence-electron chi connectivity index (χ1n) is 8.93. The fourth-order valence-electron chi connectivity index (χ4n) is 1.16. The monoisotopic (exact) mass is 250 g/mol. The van der Waals surface area contributed by atoms with Gasteiger partial charge >= 0.3 is 0 Å². The van der Waals surface area contributed by atoms with E-state index in [1.807, 2.05) is 0 Å². The van der Waals surface area contributed by atoms with Crippen LogP contribution in [0.2, 0.25) is 0 Å². The van der Waals surface area contributed by atoms with Crippen LogP contribution in [0, 0.1) is 0 Å². The van der Waals surface area contributed by atoms with Crippen molar-refractivity contribution in [3.8, 4) is 11.5 Å². The van der Waals surface area contributed by atoms with E-state index in [9.17, 15) is 4.79 Å². The maximum Gasteiger partial charge on any atom is 0.193 e. The summed E-state index contributed by atoms with van der Waals surface area (Å²) in [5.41, 5.74) is -1.32. The topological polar surface area (TPSA) is 35.5 Å². The highest BCUT2D eigenvalue weighted by Crippen LogP contribution is 2.17. The molecule has 0 fully saturated rings. The minimum absolute atomic E-state index is 0.342. The molecule has 0 bridgehead atoms. The Morgan fingerprint density at radius 3 is 1.44 bits per heavy atom. The standard InChI is InChI=1S/C15H14O3/c1-17-13-7-3-11(4-8-13)15(16)12-5-9-14(18-2)10-6-12/h3-10H,1-2H3/i3D,4D,5D,6D,7D,8D,9D,10D. The van der Waals surface area contributed by atoms with E-state index in [0.29, 0.717) is 0 Å². The van der Waals surface area contributed by atoms with Crippen molar-refractivity contribution in [1.29, 1.82) is 0 Å². The number of ether oxygens (including phenoxy) is 2. The summed E-state index contributed by atoms with van der Waals surface area (Å²) in [6.45, 7) is 0. The number of benzene rings is 2. The zero-order valence-corrected chi connectivity index (χ0v) is 9.72. The van der Waals surface area contributed by atoms with Gasteiger partial charge in [-0.3, -0.25) is 4.79 Å². The van der Waals surface area contributed by atoms with Crippen molar-refractivity contribution in [3.05, 3.63) is 59.5 Å². The predicted molar refractivity (Wildman–Crippen MR) is 69.4 cm³/mol. The molecule has 0 atom stereocenters. The highest BCUT2D eigenvalue weighted by atomic mass is 16.5. The zero-order valence-electron chi connectivity index (χ0n) is 17.7. The first kappa shape index (κ1) is 5.57. The lowest BCUT2D eigenvalue weighted by molar-refractivity contribution is 0.103. The molecular weight excluding hydrogens is 228 g/mol. The second-order valence-electron chi connectivity index (χ2n) is 3.15. The third kappa shape index (κ3) is 2.51. The molecule has 2 aromatic rings. The van der Waals surface area contributed by atoms with Gasteiger partial charge in [0.15, 0.2) is 5.78 Å². The van der Waals surface area contributed by atoms with E-state index >= 15 is 0 Å². The normalized spacial score (nSPS) is 16.1. The maximum absolute atomic E-state index is 12.8. The molecule has 0 saturated carbocycles. The quantitative estimate of drug-likeness (QED) is 0.783. The van der Waals surface area contributed by atoms with Gasteiger partial charge in [-0.15, -0.1) is 0 Å². The Morgan fingerprint density at radius 2 is 1.17 bits per heavy atom. The van der Waals surface area contributed by atoms with Crippen LogP contribution < -0.4 is 9.47 Å². The summed E-state index contributed by atoms with van der Waals surface area (Å²) in [7, 11) is 2.33. The third-order valence-corrected chi connectivity index (χ3v) is 2.07. The van der Waals surface area contributed by atoms with Crippen molar-refractivity contribution in [1.82, 2.24) is 0 Å². The van der Waals surface area contributed by atoms with Crippen LogP contribution in [0.3, 0.4) is 0 Å². The van der Waals surface area contributed by atoms with Gasteiger partial charge in [0.25, 0.3) is 0 Å². The van der Waals surface area contributed by atoms with Gasteiger partial charge in [-0.2, -0.15) is 0 Å². The number of ketones is 1. The molecule has 0 spiro atoms. The maximum atomic E-state index is 12.8. The van der Waals surface area contributed by atoms with Gasteiger partial charge in [0, 0.05) is 11.1 Å². The Hall–Kier alpha value is -2.29. The predicted octanol–water partition coefficient (Wildman–Crippen LogP) is 2.93. The number of carbonyl (C=O) groups is 1. The minimum atomic E-state index is -1.15. The van der Waals surface area contributed by atoms with Gasteiger partial charge in [-0.25, -0.2) is 0 Å². The number of methoxy groups -OCH3 is 2. The molecule has 0 radical (unpaired) electrons. The van der Waals surface area contributed by atoms with E-state index in [1.165, 1.54) is 0 Å². The van der Waals surface area contributed by atoms with Crippen molar-refractivity contribution >= 4 is 5.78 Å². The number of hydrogen-bond donors (Lipinski definition) is 0. The molecular formula is C15H14O3. The average molecular weight is 250 g/mol. The summed E-state index contributed by atoms with van der Waals surface area (Å²) >= 11 is 0. The molecule has 0 amide bonds. The number of hydrogen-bond acceptors (Lipinski definition) is 3. The lowest BCUT2D eigenvalue weighted by atomic mass is 10.0. The molecule has 0 saturated heterocycles. The van der Waals surface area contributed by atoms with Gasteiger partial charge in [0.05, 0.1) is 25.2 Å². The van der Waals surface area contributed by atoms with Gasteiger partial charge < -0.3 is 9.47 Å². The summed E-state index contributed by atoms with van der Waals surface area (Å²) in [5, 5.41) is 0. The smallest absolute Gasteiger partial charge is 0.193 e. The average Bonchev–Trinajstić information content (AvgIpc) is 2.60. The van der Waals surface area contributed by atoms with Crippen LogP contribution in [0.5, 0.6) is 11.5 Å². The van der Waals surface area contributed by atoms with Crippen LogP contribution in [0.25, 0.3) is 0 Å². The molecule has 18 heavy (non-hydrogen) atoms. The zero-order chi connectivity index (χ0) is 19.9. The summed E-state index contributed by atoms with van der Waals surface area (Å²) in [4.78, 5) is 12.8. The molecule has 3 nitrogen and oxygen atoms in total. The van der Waals surface area contributed by atoms with E-state index in [2.05, 4.69) is 0 Å². The van der Waals surface area contributed by atoms with Crippen molar-refractivity contribution < 1.29 is 25.2 Å². The highest BCUT2D eigenvalue weighted by Gasteiger charge is 2.08. The Balaban J connectivity index is 2.85. The van der Waals surface area contributed by atoms with Crippen molar-refractivity contribution in [2.45, 2.75) is 0 Å². The van der Waals surface area contributed by atoms with Crippen LogP contribution in [0.1, 0.15) is 26.9 Å². The molecule has 2 rings (SSSR count). The van der Waals surface area contributed by atoms with Crippen molar-refractivity contribution in [2.75, 3.05) is 14.2 Å². The molecule has 2 aromatic carbocycles. The van der Waals surface area contributed by atoms with E-state index in [1.54, 1.807) is 0 Å². The fraction of sp³-hybridized carbons (Fsp3) is 0.133. The summed E-state index contributed by atoms with van der Waals surface area (Å²) in [5.74, 6) is -1.83. The fourth-order valence-corrected chi connectivity index (χ4v) is 1.16. The molecule has 0 heterocycles. The Morgan fingerprint density at radius 1 is 0.833 bits per heavy atom. The Bertz CT molecular complexity index is 795. The van der Waals surface area contributed by atoms with E-state index in [0.717, 1.165) is 14.2 Å². The number of rotatable bonds is 4. The molecule has 0 aliphatic heterocycles. The van der Waals surface area contributed by atoms with Gasteiger partial charge in [-0.05, 0) is 48.3 Å². The van der Waals surface area contributed by atoms with Gasteiger partial charge in [0.1, 0.15) is 11.5 Å². The summed E-state index contributed by atoms with van der Waals surface area (Å²) in [6, 6.07) is -5.11. The first-order chi connectivity index (χ1) is 12.1. The molecule has 0 aliphatic carbocycles. The van der Waals surface area contributed by atoms with Crippen molar-refractivity contribution in [2.24, 2.45) is 0 Å². The Labute approximate surface area is 117 Å². The SMILES string of the molecule is [2H]c1c([2H])c(C(=O)c2c([2H])c([2H])c(OC)c([2H])c2[2H])c([2H])c([2H])c1OC. The third-order valence-electron chi connectivity index (χ3n) is 2.07.